The van der Waals surface area contributed by atoms with Crippen molar-refractivity contribution in [3.05, 3.63) is 71.3 Å². The van der Waals surface area contributed by atoms with Gasteiger partial charge < -0.3 is 20.1 Å². The number of hydrogen-bond donors (Lipinski definition) is 1. The van der Waals surface area contributed by atoms with Gasteiger partial charge in [0.25, 0.3) is 0 Å². The van der Waals surface area contributed by atoms with E-state index in [1.165, 1.54) is 19.1 Å². The molecule has 0 radical (unpaired) electrons. The van der Waals surface area contributed by atoms with E-state index in [9.17, 15) is 14.4 Å². The highest BCUT2D eigenvalue weighted by Gasteiger charge is 2.30. The second-order valence-corrected chi connectivity index (χ2v) is 6.14. The van der Waals surface area contributed by atoms with E-state index in [2.05, 4.69) is 4.74 Å². The molecular formula is C21H24N2O5. The molecule has 0 aliphatic carbocycles. The molecule has 0 unspecified atom stereocenters. The van der Waals surface area contributed by atoms with Gasteiger partial charge in [-0.25, -0.2) is 9.59 Å². The molecule has 2 N–H and O–H groups in total. The molecule has 0 saturated heterocycles. The summed E-state index contributed by atoms with van der Waals surface area (Å²) >= 11 is 0. The van der Waals surface area contributed by atoms with Crippen LogP contribution in [0.5, 0.6) is 0 Å². The zero-order chi connectivity index (χ0) is 20.5. The van der Waals surface area contributed by atoms with Crippen molar-refractivity contribution in [2.24, 2.45) is 5.73 Å². The van der Waals surface area contributed by atoms with Crippen LogP contribution in [0.2, 0.25) is 0 Å². The van der Waals surface area contributed by atoms with Crippen molar-refractivity contribution in [3.8, 4) is 0 Å². The lowest BCUT2D eigenvalue weighted by atomic mass is 10.0. The highest BCUT2D eigenvalue weighted by molar-refractivity contribution is 5.89. The van der Waals surface area contributed by atoms with Gasteiger partial charge in [-0.15, -0.1) is 0 Å². The van der Waals surface area contributed by atoms with Crippen molar-refractivity contribution in [3.63, 3.8) is 0 Å². The Labute approximate surface area is 164 Å². The van der Waals surface area contributed by atoms with E-state index in [1.807, 2.05) is 30.3 Å². The van der Waals surface area contributed by atoms with Gasteiger partial charge in [-0.05, 0) is 23.3 Å². The number of rotatable bonds is 8. The first kappa shape index (κ1) is 21.1. The predicted octanol–water partition coefficient (Wildman–Crippen LogP) is 1.54. The Kier molecular flexibility index (Phi) is 7.71. The van der Waals surface area contributed by atoms with Crippen molar-refractivity contribution in [2.45, 2.75) is 19.0 Å². The van der Waals surface area contributed by atoms with Gasteiger partial charge in [0.1, 0.15) is 6.04 Å². The maximum Gasteiger partial charge on any atom is 0.337 e. The third-order valence-corrected chi connectivity index (χ3v) is 4.34. The van der Waals surface area contributed by atoms with Crippen LogP contribution in [-0.4, -0.2) is 49.6 Å². The van der Waals surface area contributed by atoms with Crippen LogP contribution in [0.25, 0.3) is 0 Å². The molecule has 7 nitrogen and oxygen atoms in total. The Morgan fingerprint density at radius 3 is 2.11 bits per heavy atom. The standard InChI is InChI=1S/C21H24N2O5/c1-27-20(25)17-10-8-16(9-11-17)14-23(19(24)13-22)18(21(26)28-2)12-15-6-4-3-5-7-15/h3-11,18H,12-14,22H2,1-2H3/t18-/m1/s1. The molecule has 28 heavy (non-hydrogen) atoms. The summed E-state index contributed by atoms with van der Waals surface area (Å²) in [6.45, 7) is -0.0768. The third-order valence-electron chi connectivity index (χ3n) is 4.34. The van der Waals surface area contributed by atoms with Crippen LogP contribution in [-0.2, 0) is 32.0 Å². The van der Waals surface area contributed by atoms with Crippen LogP contribution in [0, 0.1) is 0 Å². The highest BCUT2D eigenvalue weighted by atomic mass is 16.5. The Hall–Kier alpha value is -3.19. The molecule has 0 spiro atoms. The molecule has 2 aromatic carbocycles. The molecule has 1 atom stereocenters. The van der Waals surface area contributed by atoms with Crippen LogP contribution in [0.1, 0.15) is 21.5 Å². The van der Waals surface area contributed by atoms with E-state index >= 15 is 0 Å². The number of amides is 1. The molecule has 0 aromatic heterocycles. The van der Waals surface area contributed by atoms with Crippen LogP contribution >= 0.6 is 0 Å². The Morgan fingerprint density at radius 2 is 1.57 bits per heavy atom. The van der Waals surface area contributed by atoms with Gasteiger partial charge in [-0.1, -0.05) is 42.5 Å². The number of hydrogen-bond acceptors (Lipinski definition) is 6. The van der Waals surface area contributed by atoms with E-state index < -0.39 is 18.0 Å². The van der Waals surface area contributed by atoms with Crippen molar-refractivity contribution in [2.75, 3.05) is 20.8 Å². The minimum Gasteiger partial charge on any atom is -0.467 e. The molecule has 0 heterocycles. The summed E-state index contributed by atoms with van der Waals surface area (Å²) in [5, 5.41) is 0. The maximum absolute atomic E-state index is 12.5. The molecule has 2 rings (SSSR count). The quantitative estimate of drug-likeness (QED) is 0.693. The summed E-state index contributed by atoms with van der Waals surface area (Å²) in [4.78, 5) is 37.9. The monoisotopic (exact) mass is 384 g/mol. The van der Waals surface area contributed by atoms with Crippen molar-refractivity contribution >= 4 is 17.8 Å². The number of ether oxygens (including phenoxy) is 2. The van der Waals surface area contributed by atoms with Crippen LogP contribution in [0.4, 0.5) is 0 Å². The molecule has 0 bridgehead atoms. The fourth-order valence-electron chi connectivity index (χ4n) is 2.84. The summed E-state index contributed by atoms with van der Waals surface area (Å²) in [6, 6.07) is 15.2. The Bertz CT molecular complexity index is 805. The fourth-order valence-corrected chi connectivity index (χ4v) is 2.84. The van der Waals surface area contributed by atoms with Gasteiger partial charge in [0.15, 0.2) is 0 Å². The van der Waals surface area contributed by atoms with Gasteiger partial charge in [0.05, 0.1) is 26.3 Å². The summed E-state index contributed by atoms with van der Waals surface area (Å²) in [5.74, 6) is -1.34. The first-order valence-electron chi connectivity index (χ1n) is 8.78. The van der Waals surface area contributed by atoms with Crippen molar-refractivity contribution in [1.82, 2.24) is 4.90 Å². The SMILES string of the molecule is COC(=O)c1ccc(CN(C(=O)CN)[C@H](Cc2ccccc2)C(=O)OC)cc1. The lowest BCUT2D eigenvalue weighted by molar-refractivity contribution is -0.153. The second-order valence-electron chi connectivity index (χ2n) is 6.14. The molecule has 0 saturated carbocycles. The van der Waals surface area contributed by atoms with E-state index in [0.29, 0.717) is 12.0 Å². The first-order chi connectivity index (χ1) is 13.5. The van der Waals surface area contributed by atoms with Gasteiger partial charge in [-0.3, -0.25) is 4.79 Å². The molecule has 7 heteroatoms. The first-order valence-corrected chi connectivity index (χ1v) is 8.78. The molecule has 0 aliphatic heterocycles. The largest absolute Gasteiger partial charge is 0.467 e. The minimum atomic E-state index is -0.816. The van der Waals surface area contributed by atoms with E-state index in [-0.39, 0.29) is 19.0 Å². The van der Waals surface area contributed by atoms with Gasteiger partial charge in [-0.2, -0.15) is 0 Å². The van der Waals surface area contributed by atoms with Gasteiger partial charge in [0, 0.05) is 13.0 Å². The molecule has 1 amide bonds. The Morgan fingerprint density at radius 1 is 0.929 bits per heavy atom. The van der Waals surface area contributed by atoms with E-state index in [0.717, 1.165) is 11.1 Å². The van der Waals surface area contributed by atoms with Crippen LogP contribution in [0.15, 0.2) is 54.6 Å². The summed E-state index contributed by atoms with van der Waals surface area (Å²) < 4.78 is 9.61. The number of esters is 2. The number of carbonyl (C=O) groups is 3. The molecular weight excluding hydrogens is 360 g/mol. The number of nitrogens with two attached hydrogens (primary N) is 1. The fraction of sp³-hybridized carbons (Fsp3) is 0.286. The lowest BCUT2D eigenvalue weighted by Crippen LogP contribution is -2.48. The molecule has 148 valence electrons. The van der Waals surface area contributed by atoms with Crippen LogP contribution in [0.3, 0.4) is 0 Å². The van der Waals surface area contributed by atoms with Crippen molar-refractivity contribution in [1.29, 1.82) is 0 Å². The number of carbonyl (C=O) groups excluding carboxylic acids is 3. The maximum atomic E-state index is 12.5. The summed E-state index contributed by atoms with van der Waals surface area (Å²) in [7, 11) is 2.60. The third kappa shape index (κ3) is 5.40. The topological polar surface area (TPSA) is 98.9 Å². The smallest absolute Gasteiger partial charge is 0.337 e. The van der Waals surface area contributed by atoms with Crippen molar-refractivity contribution < 1.29 is 23.9 Å². The zero-order valence-corrected chi connectivity index (χ0v) is 16.0. The Balaban J connectivity index is 2.29. The molecule has 2 aromatic rings. The van der Waals surface area contributed by atoms with Gasteiger partial charge >= 0.3 is 11.9 Å². The second kappa shape index (κ2) is 10.2. The lowest BCUT2D eigenvalue weighted by Gasteiger charge is -2.30. The number of methoxy groups -OCH3 is 2. The van der Waals surface area contributed by atoms with E-state index in [1.54, 1.807) is 24.3 Å². The van der Waals surface area contributed by atoms with E-state index in [4.69, 9.17) is 10.5 Å². The predicted molar refractivity (Wildman–Crippen MR) is 103 cm³/mol. The molecule has 0 aliphatic rings. The average molecular weight is 384 g/mol. The highest BCUT2D eigenvalue weighted by Crippen LogP contribution is 2.16. The summed E-state index contributed by atoms with van der Waals surface area (Å²) in [5.41, 5.74) is 7.62. The average Bonchev–Trinajstić information content (AvgIpc) is 2.75. The van der Waals surface area contributed by atoms with Gasteiger partial charge in [0.2, 0.25) is 5.91 Å². The number of nitrogens with zero attached hydrogens (tertiary/aromatic N) is 1. The van der Waals surface area contributed by atoms with Crippen LogP contribution < -0.4 is 5.73 Å². The normalized spacial score (nSPS) is 11.4. The molecule has 0 fully saturated rings. The zero-order valence-electron chi connectivity index (χ0n) is 16.0. The number of benzene rings is 2. The summed E-state index contributed by atoms with van der Waals surface area (Å²) in [6.07, 6.45) is 0.305. The minimum absolute atomic E-state index is 0.157.